The van der Waals surface area contributed by atoms with Crippen molar-refractivity contribution in [1.29, 1.82) is 0 Å². The second kappa shape index (κ2) is 6.24. The molecule has 1 aromatic rings. The van der Waals surface area contributed by atoms with Crippen LogP contribution in [0.2, 0.25) is 0 Å². The van der Waals surface area contributed by atoms with Gasteiger partial charge in [0.25, 0.3) is 10.0 Å². The van der Waals surface area contributed by atoms with E-state index >= 15 is 0 Å². The van der Waals surface area contributed by atoms with Crippen LogP contribution in [0.15, 0.2) is 11.2 Å². The summed E-state index contributed by atoms with van der Waals surface area (Å²) in [6, 6.07) is -0.000711. The third-order valence-corrected chi connectivity index (χ3v) is 5.71. The summed E-state index contributed by atoms with van der Waals surface area (Å²) in [5.41, 5.74) is 0. The molecule has 2 heterocycles. The Balaban J connectivity index is 2.24. The van der Waals surface area contributed by atoms with Gasteiger partial charge in [0.05, 0.1) is 0 Å². The molecule has 0 aliphatic carbocycles. The minimum atomic E-state index is -3.51. The van der Waals surface area contributed by atoms with Crippen molar-refractivity contribution >= 4 is 10.0 Å². The van der Waals surface area contributed by atoms with Gasteiger partial charge in [-0.25, -0.2) is 13.4 Å². The fourth-order valence-electron chi connectivity index (χ4n) is 2.78. The molecular formula is C13H23N3O3S. The fourth-order valence-corrected chi connectivity index (χ4v) is 4.51. The molecule has 20 heavy (non-hydrogen) atoms. The lowest BCUT2D eigenvalue weighted by molar-refractivity contribution is 0.264. The van der Waals surface area contributed by atoms with Gasteiger partial charge in [0.1, 0.15) is 5.82 Å². The quantitative estimate of drug-likeness (QED) is 0.855. The highest BCUT2D eigenvalue weighted by molar-refractivity contribution is 7.89. The zero-order chi connectivity index (χ0) is 14.8. The van der Waals surface area contributed by atoms with E-state index in [1.807, 2.05) is 18.4 Å². The predicted octanol–water partition coefficient (Wildman–Crippen LogP) is 1.14. The second-order valence-electron chi connectivity index (χ2n) is 5.19. The van der Waals surface area contributed by atoms with E-state index in [0.717, 1.165) is 18.7 Å². The number of sulfonamides is 1. The van der Waals surface area contributed by atoms with Crippen LogP contribution < -0.4 is 0 Å². The molecule has 1 saturated heterocycles. The maximum Gasteiger partial charge on any atom is 0.262 e. The van der Waals surface area contributed by atoms with Crippen LogP contribution >= 0.6 is 0 Å². The van der Waals surface area contributed by atoms with Crippen molar-refractivity contribution in [3.05, 3.63) is 12.0 Å². The summed E-state index contributed by atoms with van der Waals surface area (Å²) in [4.78, 5) is 4.20. The molecule has 0 bridgehead atoms. The third kappa shape index (κ3) is 2.89. The summed E-state index contributed by atoms with van der Waals surface area (Å²) in [7, 11) is -3.51. The van der Waals surface area contributed by atoms with Crippen molar-refractivity contribution in [2.75, 3.05) is 13.2 Å². The topological polar surface area (TPSA) is 75.4 Å². The normalized spacial score (nSPS) is 20.6. The zero-order valence-corrected chi connectivity index (χ0v) is 12.9. The highest BCUT2D eigenvalue weighted by Crippen LogP contribution is 2.28. The Labute approximate surface area is 120 Å². The lowest BCUT2D eigenvalue weighted by Gasteiger charge is -2.22. The van der Waals surface area contributed by atoms with E-state index in [0.29, 0.717) is 25.9 Å². The zero-order valence-electron chi connectivity index (χ0n) is 12.1. The Kier molecular flexibility index (Phi) is 4.82. The van der Waals surface area contributed by atoms with E-state index in [4.69, 9.17) is 5.11 Å². The molecule has 1 fully saturated rings. The van der Waals surface area contributed by atoms with Gasteiger partial charge < -0.3 is 9.67 Å². The molecule has 2 rings (SSSR count). The number of aromatic nitrogens is 2. The first-order valence-corrected chi connectivity index (χ1v) is 8.61. The van der Waals surface area contributed by atoms with Crippen LogP contribution in [0, 0.1) is 6.92 Å². The molecule has 1 atom stereocenters. The van der Waals surface area contributed by atoms with Crippen LogP contribution in [0.4, 0.5) is 0 Å². The van der Waals surface area contributed by atoms with E-state index in [9.17, 15) is 8.42 Å². The predicted molar refractivity (Wildman–Crippen MR) is 75.9 cm³/mol. The van der Waals surface area contributed by atoms with Crippen molar-refractivity contribution in [3.8, 4) is 0 Å². The van der Waals surface area contributed by atoms with Gasteiger partial charge >= 0.3 is 0 Å². The number of imidazole rings is 1. The van der Waals surface area contributed by atoms with Gasteiger partial charge in [0.15, 0.2) is 5.03 Å². The van der Waals surface area contributed by atoms with Crippen molar-refractivity contribution in [3.63, 3.8) is 0 Å². The Hall–Kier alpha value is -0.920. The number of rotatable bonds is 6. The van der Waals surface area contributed by atoms with Gasteiger partial charge in [-0.2, -0.15) is 4.31 Å². The van der Waals surface area contributed by atoms with Crippen LogP contribution in [0.1, 0.15) is 38.4 Å². The summed E-state index contributed by atoms with van der Waals surface area (Å²) in [5.74, 6) is 0.720. The van der Waals surface area contributed by atoms with E-state index in [1.54, 1.807) is 10.5 Å². The van der Waals surface area contributed by atoms with Crippen molar-refractivity contribution in [2.24, 2.45) is 0 Å². The summed E-state index contributed by atoms with van der Waals surface area (Å²) >= 11 is 0. The first-order valence-electron chi connectivity index (χ1n) is 7.17. The van der Waals surface area contributed by atoms with Gasteiger partial charge in [-0.05, 0) is 39.5 Å². The Morgan fingerprint density at radius 3 is 2.85 bits per heavy atom. The SMILES string of the molecule is CCn1cc(S(=O)(=O)N2CCCC2CCCO)nc1C. The summed E-state index contributed by atoms with van der Waals surface area (Å²) in [5, 5.41) is 9.07. The molecule has 0 radical (unpaired) electrons. The molecule has 0 spiro atoms. The monoisotopic (exact) mass is 301 g/mol. The van der Waals surface area contributed by atoms with Crippen LogP contribution in [-0.4, -0.2) is 46.6 Å². The highest BCUT2D eigenvalue weighted by Gasteiger charge is 2.36. The maximum atomic E-state index is 12.7. The van der Waals surface area contributed by atoms with E-state index in [-0.39, 0.29) is 17.7 Å². The van der Waals surface area contributed by atoms with Gasteiger partial charge in [0, 0.05) is 31.9 Å². The third-order valence-electron chi connectivity index (χ3n) is 3.89. The number of hydrogen-bond acceptors (Lipinski definition) is 4. The molecule has 114 valence electrons. The van der Waals surface area contributed by atoms with Crippen LogP contribution in [0.25, 0.3) is 0 Å². The standard InChI is InChI=1S/C13H23N3O3S/c1-3-15-10-13(14-11(15)2)20(18,19)16-8-4-6-12(16)7-5-9-17/h10,12,17H,3-9H2,1-2H3. The molecule has 1 N–H and O–H groups in total. The highest BCUT2D eigenvalue weighted by atomic mass is 32.2. The maximum absolute atomic E-state index is 12.7. The molecule has 0 saturated carbocycles. The molecule has 0 amide bonds. The number of hydrogen-bond donors (Lipinski definition) is 1. The first kappa shape index (κ1) is 15.5. The van der Waals surface area contributed by atoms with Crippen LogP contribution in [0.5, 0.6) is 0 Å². The lowest BCUT2D eigenvalue weighted by Crippen LogP contribution is -2.35. The summed E-state index contributed by atoms with van der Waals surface area (Å²) < 4.78 is 28.8. The summed E-state index contributed by atoms with van der Waals surface area (Å²) in [6.45, 7) is 5.15. The average Bonchev–Trinajstić information content (AvgIpc) is 3.02. The lowest BCUT2D eigenvalue weighted by atomic mass is 10.1. The minimum absolute atomic E-state index is 0.000711. The van der Waals surface area contributed by atoms with Gasteiger partial charge in [-0.3, -0.25) is 0 Å². The molecule has 6 nitrogen and oxygen atoms in total. The van der Waals surface area contributed by atoms with Gasteiger partial charge in [0.2, 0.25) is 0 Å². The fraction of sp³-hybridized carbons (Fsp3) is 0.769. The van der Waals surface area contributed by atoms with Gasteiger partial charge in [-0.1, -0.05) is 0 Å². The Bertz CT molecular complexity index is 553. The van der Waals surface area contributed by atoms with Gasteiger partial charge in [-0.15, -0.1) is 0 Å². The molecule has 1 aliphatic rings. The number of aliphatic hydroxyl groups excluding tert-OH is 1. The van der Waals surface area contributed by atoms with Crippen molar-refractivity contribution in [2.45, 2.75) is 57.1 Å². The van der Waals surface area contributed by atoms with Crippen molar-refractivity contribution < 1.29 is 13.5 Å². The first-order chi connectivity index (χ1) is 9.50. The minimum Gasteiger partial charge on any atom is -0.396 e. The molecule has 1 aromatic heterocycles. The molecule has 7 heteroatoms. The molecule has 1 unspecified atom stereocenters. The molecular weight excluding hydrogens is 278 g/mol. The van der Waals surface area contributed by atoms with Crippen LogP contribution in [-0.2, 0) is 16.6 Å². The smallest absolute Gasteiger partial charge is 0.262 e. The Morgan fingerprint density at radius 1 is 1.50 bits per heavy atom. The van der Waals surface area contributed by atoms with E-state index < -0.39 is 10.0 Å². The molecule has 1 aliphatic heterocycles. The second-order valence-corrected chi connectivity index (χ2v) is 7.03. The largest absolute Gasteiger partial charge is 0.396 e. The number of aryl methyl sites for hydroxylation is 2. The number of nitrogens with zero attached hydrogens (tertiary/aromatic N) is 3. The summed E-state index contributed by atoms with van der Waals surface area (Å²) in [6.07, 6.45) is 4.71. The Morgan fingerprint density at radius 2 is 2.25 bits per heavy atom. The number of aliphatic hydroxyl groups is 1. The average molecular weight is 301 g/mol. The van der Waals surface area contributed by atoms with E-state index in [2.05, 4.69) is 4.98 Å². The van der Waals surface area contributed by atoms with Crippen molar-refractivity contribution in [1.82, 2.24) is 13.9 Å². The van der Waals surface area contributed by atoms with E-state index in [1.165, 1.54) is 0 Å². The molecule has 0 aromatic carbocycles. The van der Waals surface area contributed by atoms with Crippen LogP contribution in [0.3, 0.4) is 0 Å².